The maximum absolute atomic E-state index is 13.7. The fourth-order valence-corrected chi connectivity index (χ4v) is 6.04. The Morgan fingerprint density at radius 1 is 1.22 bits per heavy atom. The van der Waals surface area contributed by atoms with Gasteiger partial charge >= 0.3 is 6.18 Å². The molecule has 1 aromatic carbocycles. The molecule has 5 rings (SSSR count). The third-order valence-corrected chi connectivity index (χ3v) is 7.78. The molecule has 4 aliphatic heterocycles. The Morgan fingerprint density at radius 3 is 2.69 bits per heavy atom. The molecule has 0 aliphatic carbocycles. The van der Waals surface area contributed by atoms with Crippen molar-refractivity contribution >= 4 is 6.21 Å². The lowest BCUT2D eigenvalue weighted by atomic mass is 9.76. The van der Waals surface area contributed by atoms with E-state index in [4.69, 9.17) is 14.5 Å². The van der Waals surface area contributed by atoms with Crippen LogP contribution in [0.1, 0.15) is 50.3 Å². The molecule has 0 spiro atoms. The van der Waals surface area contributed by atoms with Gasteiger partial charge in [-0.1, -0.05) is 6.08 Å². The summed E-state index contributed by atoms with van der Waals surface area (Å²) in [7, 11) is 0. The zero-order valence-electron chi connectivity index (χ0n) is 20.8. The van der Waals surface area contributed by atoms with E-state index in [9.17, 15) is 17.6 Å². The van der Waals surface area contributed by atoms with Crippen LogP contribution in [0.4, 0.5) is 17.6 Å². The van der Waals surface area contributed by atoms with Crippen LogP contribution in [0.5, 0.6) is 11.5 Å². The van der Waals surface area contributed by atoms with Gasteiger partial charge in [0.25, 0.3) is 0 Å². The molecule has 1 aromatic rings. The van der Waals surface area contributed by atoms with Crippen molar-refractivity contribution in [2.45, 2.75) is 69.4 Å². The van der Waals surface area contributed by atoms with E-state index in [1.807, 2.05) is 26.0 Å². The molecule has 0 amide bonds. The number of nitrogens with one attached hydrogen (secondary N) is 1. The highest BCUT2D eigenvalue weighted by atomic mass is 19.4. The van der Waals surface area contributed by atoms with Crippen LogP contribution in [0.15, 0.2) is 28.9 Å². The number of ether oxygens (including phenoxy) is 2. The van der Waals surface area contributed by atoms with Crippen molar-refractivity contribution in [3.05, 3.63) is 35.0 Å². The van der Waals surface area contributed by atoms with Gasteiger partial charge in [0.2, 0.25) is 6.79 Å². The van der Waals surface area contributed by atoms with Crippen molar-refractivity contribution in [2.75, 3.05) is 39.6 Å². The summed E-state index contributed by atoms with van der Waals surface area (Å²) in [5.41, 5.74) is 1.92. The zero-order valence-corrected chi connectivity index (χ0v) is 20.8. The first-order chi connectivity index (χ1) is 17.1. The maximum atomic E-state index is 13.7. The lowest BCUT2D eigenvalue weighted by Gasteiger charge is -2.49. The van der Waals surface area contributed by atoms with Gasteiger partial charge < -0.3 is 19.7 Å². The van der Waals surface area contributed by atoms with Gasteiger partial charge in [0, 0.05) is 43.6 Å². The molecule has 1 unspecified atom stereocenters. The number of allylic oxidation sites excluding steroid dienone is 1. The predicted octanol–water partition coefficient (Wildman–Crippen LogP) is 4.41. The van der Waals surface area contributed by atoms with Crippen molar-refractivity contribution in [3.8, 4) is 11.5 Å². The zero-order chi connectivity index (χ0) is 25.5. The minimum atomic E-state index is -4.33. The molecule has 1 saturated heterocycles. The summed E-state index contributed by atoms with van der Waals surface area (Å²) < 4.78 is 64.7. The summed E-state index contributed by atoms with van der Waals surface area (Å²) in [6, 6.07) is 3.14. The van der Waals surface area contributed by atoms with Gasteiger partial charge in [0.05, 0.1) is 24.8 Å². The molecule has 0 aromatic heterocycles. The van der Waals surface area contributed by atoms with Crippen molar-refractivity contribution < 1.29 is 27.0 Å². The van der Waals surface area contributed by atoms with Crippen molar-refractivity contribution in [1.82, 2.24) is 15.1 Å². The van der Waals surface area contributed by atoms with Crippen molar-refractivity contribution in [1.29, 1.82) is 0 Å². The molecule has 36 heavy (non-hydrogen) atoms. The highest BCUT2D eigenvalue weighted by Crippen LogP contribution is 2.49. The van der Waals surface area contributed by atoms with Crippen LogP contribution in [0.3, 0.4) is 0 Å². The van der Waals surface area contributed by atoms with Gasteiger partial charge in [0.1, 0.15) is 0 Å². The first kappa shape index (κ1) is 25.3. The van der Waals surface area contributed by atoms with Crippen LogP contribution in [-0.2, 0) is 6.42 Å². The van der Waals surface area contributed by atoms with Crippen molar-refractivity contribution in [3.63, 3.8) is 0 Å². The lowest BCUT2D eigenvalue weighted by Crippen LogP contribution is -2.54. The third-order valence-electron chi connectivity index (χ3n) is 7.78. The minimum Gasteiger partial charge on any atom is -0.454 e. The summed E-state index contributed by atoms with van der Waals surface area (Å²) in [6.45, 7) is 5.13. The van der Waals surface area contributed by atoms with E-state index in [1.165, 1.54) is 0 Å². The Bertz CT molecular complexity index is 1030. The van der Waals surface area contributed by atoms with Gasteiger partial charge in [-0.25, -0.2) is 0 Å². The number of benzene rings is 1. The summed E-state index contributed by atoms with van der Waals surface area (Å²) in [6.07, 6.45) is 2.01. The van der Waals surface area contributed by atoms with E-state index >= 15 is 0 Å². The van der Waals surface area contributed by atoms with Crippen LogP contribution in [-0.4, -0.2) is 79.5 Å². The number of likely N-dealkylation sites (tertiary alicyclic amines) is 1. The SMILES string of the molecule is C[C@@H]1Cc2cc3c(cc2[C@@H](C2(C)CC=C(N[C@H]4CCN(CCCF)C4)C=N2)N1CC(F)(F)F)OCO3. The quantitative estimate of drug-likeness (QED) is 0.551. The number of hydrogen-bond acceptors (Lipinski definition) is 6. The molecule has 1 N–H and O–H groups in total. The first-order valence-electron chi connectivity index (χ1n) is 12.7. The van der Waals surface area contributed by atoms with Gasteiger partial charge in [-0.15, -0.1) is 0 Å². The molecule has 0 bridgehead atoms. The van der Waals surface area contributed by atoms with Crippen molar-refractivity contribution in [2.24, 2.45) is 4.99 Å². The molecule has 0 radical (unpaired) electrons. The van der Waals surface area contributed by atoms with E-state index in [0.29, 0.717) is 30.8 Å². The van der Waals surface area contributed by atoms with Crippen LogP contribution in [0, 0.1) is 0 Å². The lowest BCUT2D eigenvalue weighted by molar-refractivity contribution is -0.161. The fraction of sp³-hybridized carbons (Fsp3) is 0.654. The highest BCUT2D eigenvalue weighted by Gasteiger charge is 2.48. The number of alkyl halides is 4. The Hall–Kier alpha value is -2.33. The van der Waals surface area contributed by atoms with Crippen LogP contribution >= 0.6 is 0 Å². The van der Waals surface area contributed by atoms with E-state index in [2.05, 4.69) is 16.3 Å². The molecule has 4 atom stereocenters. The maximum Gasteiger partial charge on any atom is 0.401 e. The average molecular weight is 511 g/mol. The standard InChI is InChI=1S/C26H34F4N4O2/c1-17-10-18-11-22-23(36-16-35-22)12-21(18)24(34(17)15-26(28,29)30)25(2)6-4-19(13-31-25)32-20-5-9-33(14-20)8-3-7-27/h4,11-13,17,20,24,32H,3,5-10,14-16H2,1-2H3/t17-,20+,24+,25?/m1/s1. The van der Waals surface area contributed by atoms with E-state index in [1.54, 1.807) is 11.1 Å². The van der Waals surface area contributed by atoms with Gasteiger partial charge in [-0.3, -0.25) is 14.3 Å². The van der Waals surface area contributed by atoms with Crippen LogP contribution < -0.4 is 14.8 Å². The Balaban J connectivity index is 1.37. The first-order valence-corrected chi connectivity index (χ1v) is 12.7. The predicted molar refractivity (Wildman–Crippen MR) is 129 cm³/mol. The minimum absolute atomic E-state index is 0.115. The molecular formula is C26H34F4N4O2. The number of rotatable bonds is 7. The second-order valence-electron chi connectivity index (χ2n) is 10.6. The molecule has 198 valence electrons. The molecule has 6 nitrogen and oxygen atoms in total. The van der Waals surface area contributed by atoms with Gasteiger partial charge in [-0.05, 0) is 62.8 Å². The van der Waals surface area contributed by atoms with Crippen LogP contribution in [0.25, 0.3) is 0 Å². The summed E-state index contributed by atoms with van der Waals surface area (Å²) in [5, 5.41) is 3.52. The summed E-state index contributed by atoms with van der Waals surface area (Å²) >= 11 is 0. The van der Waals surface area contributed by atoms with E-state index < -0.39 is 24.3 Å². The second-order valence-corrected chi connectivity index (χ2v) is 10.6. The smallest absolute Gasteiger partial charge is 0.401 e. The Morgan fingerprint density at radius 2 is 2.00 bits per heavy atom. The van der Waals surface area contributed by atoms with E-state index in [0.717, 1.165) is 42.9 Å². The molecular weight excluding hydrogens is 476 g/mol. The topological polar surface area (TPSA) is 49.3 Å². The molecule has 10 heteroatoms. The number of aliphatic imine (C=N–C) groups is 1. The summed E-state index contributed by atoms with van der Waals surface area (Å²) in [5.74, 6) is 1.21. The number of fused-ring (bicyclic) bond motifs is 2. The number of dihydropyridines is 1. The number of halogens is 4. The summed E-state index contributed by atoms with van der Waals surface area (Å²) in [4.78, 5) is 8.69. The number of nitrogens with zero attached hydrogens (tertiary/aromatic N) is 3. The normalized spacial score (nSPS) is 30.4. The third kappa shape index (κ3) is 5.20. The monoisotopic (exact) mass is 510 g/mol. The van der Waals surface area contributed by atoms with Gasteiger partial charge in [0.15, 0.2) is 11.5 Å². The van der Waals surface area contributed by atoms with Gasteiger partial charge in [-0.2, -0.15) is 13.2 Å². The second kappa shape index (κ2) is 9.85. The molecule has 1 fully saturated rings. The Labute approximate surface area is 209 Å². The Kier molecular flexibility index (Phi) is 6.93. The average Bonchev–Trinajstić information content (AvgIpc) is 3.46. The molecule has 4 aliphatic rings. The number of hydrogen-bond donors (Lipinski definition) is 1. The highest BCUT2D eigenvalue weighted by molar-refractivity contribution is 5.79. The van der Waals surface area contributed by atoms with Crippen LogP contribution in [0.2, 0.25) is 0 Å². The fourth-order valence-electron chi connectivity index (χ4n) is 6.04. The van der Waals surface area contributed by atoms with E-state index in [-0.39, 0.29) is 25.6 Å². The largest absolute Gasteiger partial charge is 0.454 e. The molecule has 0 saturated carbocycles. The molecule has 4 heterocycles.